The van der Waals surface area contributed by atoms with Crippen LogP contribution in [-0.2, 0) is 90.4 Å². The van der Waals surface area contributed by atoms with Crippen molar-refractivity contribution in [3.8, 4) is 23.0 Å². The van der Waals surface area contributed by atoms with E-state index < -0.39 is 20.3 Å². The highest BCUT2D eigenvalue weighted by atomic mass is 79.9. The zero-order valence-corrected chi connectivity index (χ0v) is 74.6. The van der Waals surface area contributed by atoms with Crippen molar-refractivity contribution in [2.45, 2.75) is 90.3 Å². The average Bonchev–Trinajstić information content (AvgIpc) is 0.748. The van der Waals surface area contributed by atoms with E-state index in [0.29, 0.717) is 184 Å². The fourth-order valence-corrected chi connectivity index (χ4v) is 18.3. The minimum Gasteiger partial charge on any atom is -0.504 e. The van der Waals surface area contributed by atoms with E-state index >= 15 is 0 Å². The minimum atomic E-state index is -2.25. The number of esters is 1. The first-order chi connectivity index (χ1) is 60.9. The Kier molecular flexibility index (Phi) is 28.7. The molecule has 30 nitrogen and oxygen atoms in total. The molecular formula is C90H98BrF4N19O11P2. The number of halogens is 5. The first kappa shape index (κ1) is 91.8. The van der Waals surface area contributed by atoms with E-state index in [-0.39, 0.29) is 104 Å². The molecule has 4 aromatic carbocycles. The molecule has 12 aromatic rings. The van der Waals surface area contributed by atoms with Crippen LogP contribution in [0.1, 0.15) is 100 Å². The smallest absolute Gasteiger partial charge is 0.308 e. The van der Waals surface area contributed by atoms with Crippen LogP contribution in [0, 0.1) is 23.3 Å². The number of ether oxygens (including phenoxy) is 1. The molecule has 4 aliphatic rings. The predicted molar refractivity (Wildman–Crippen MR) is 478 cm³/mol. The number of aromatic hydroxyl groups is 3. The van der Waals surface area contributed by atoms with E-state index in [1.807, 2.05) is 23.6 Å². The Hall–Kier alpha value is -12.9. The van der Waals surface area contributed by atoms with E-state index in [0.717, 1.165) is 56.3 Å². The second-order valence-corrected chi connectivity index (χ2v) is 39.7. The summed E-state index contributed by atoms with van der Waals surface area (Å²) in [6, 6.07) is 32.2. The molecule has 0 unspecified atom stereocenters. The maximum absolute atomic E-state index is 13.5. The van der Waals surface area contributed by atoms with Gasteiger partial charge in [-0.3, -0.25) is 48.9 Å². The summed E-state index contributed by atoms with van der Waals surface area (Å²) in [5.74, 6) is 13.8. The minimum absolute atomic E-state index is 0.0957. The second-order valence-electron chi connectivity index (χ2n) is 31.9. The number of aromatic nitrogens is 8. The summed E-state index contributed by atoms with van der Waals surface area (Å²) in [5.41, 5.74) is 10.9. The maximum atomic E-state index is 13.5. The topological polar surface area (TPSA) is 401 Å². The molecule has 4 amide bonds. The number of nitrogens with zero attached hydrogens (tertiary/aromatic N) is 16. The number of aryl methyl sites for hydroxylation is 3. The van der Waals surface area contributed by atoms with Crippen LogP contribution in [0.2, 0.25) is 0 Å². The second kappa shape index (κ2) is 39.8. The Balaban J connectivity index is 0.000000145. The van der Waals surface area contributed by atoms with Gasteiger partial charge in [-0.25, -0.2) is 17.6 Å². The fraction of sp³-hybridized carbons (Fsp3) is 0.322. The molecule has 0 saturated heterocycles. The lowest BCUT2D eigenvalue weighted by molar-refractivity contribution is -0.131. The number of carbonyl (C=O) groups is 5. The van der Waals surface area contributed by atoms with Gasteiger partial charge in [0.2, 0.25) is 0 Å². The van der Waals surface area contributed by atoms with Crippen LogP contribution in [0.4, 0.5) is 17.6 Å². The lowest BCUT2D eigenvalue weighted by atomic mass is 10.0. The largest absolute Gasteiger partial charge is 0.504 e. The van der Waals surface area contributed by atoms with Crippen molar-refractivity contribution < 1.29 is 70.7 Å². The van der Waals surface area contributed by atoms with Crippen LogP contribution in [0.15, 0.2) is 166 Å². The summed E-state index contributed by atoms with van der Waals surface area (Å²) in [6.45, 7) is 15.5. The molecule has 0 atom stereocenters. The van der Waals surface area contributed by atoms with Gasteiger partial charge in [-0.15, -0.1) is 0 Å². The van der Waals surface area contributed by atoms with Gasteiger partial charge in [0.25, 0.3) is 23.6 Å². The summed E-state index contributed by atoms with van der Waals surface area (Å²) < 4.78 is 89.4. The number of pyridine rings is 8. The van der Waals surface area contributed by atoms with E-state index in [9.17, 15) is 66.0 Å². The van der Waals surface area contributed by atoms with Gasteiger partial charge in [0.1, 0.15) is 50.8 Å². The van der Waals surface area contributed by atoms with Gasteiger partial charge in [0.15, 0.2) is 62.2 Å². The highest BCUT2D eigenvalue weighted by Crippen LogP contribution is 2.40. The van der Waals surface area contributed by atoms with Gasteiger partial charge < -0.3 is 84.6 Å². The summed E-state index contributed by atoms with van der Waals surface area (Å²) in [6.07, 6.45) is 11.4. The average molecular weight is 1840 g/mol. The van der Waals surface area contributed by atoms with Crippen LogP contribution in [0.5, 0.6) is 23.0 Å². The summed E-state index contributed by atoms with van der Waals surface area (Å²) in [7, 11) is -2.84. The standard InChI is InChI=1S/C23H22BrFN4O3.2C23H27FN5O3P.C21H22FN5O2/c1-14(30)32-21-19-18(16(13-24)7-9-27-19)22(26-2)29-12-11-28(23(31)20(21)29)10-8-15-3-5-17(25)6-4-15;2*1-33(2,32)14-9-16-7-10-26-19-18(16)22(27-25)29-13-12-28(23(31)20(29)21(19)30)11-8-15-3-5-17(24)6-4-15;1-2-14-7-9-24-17-16(14)20(25-23)27-12-11-26(21(29)18(27)19(17)28)10-8-13-3-5-15(22)6-4-13/h3-7,9H,8,10-13H2,1-2H3;2*3-7,10,30H,8-9,11-14,25H2,1-2H3;3-7,9,28H,2,8,10-12,23H2,1H3/b;2*27-22-;25-20-. The Bertz CT molecular complexity index is 6480. The normalized spacial score (nSPS) is 14.5. The molecule has 4 aliphatic heterocycles. The highest BCUT2D eigenvalue weighted by molar-refractivity contribution is 9.08. The van der Waals surface area contributed by atoms with E-state index in [1.54, 1.807) is 152 Å². The Morgan fingerprint density at radius 2 is 0.693 bits per heavy atom. The quantitative estimate of drug-likeness (QED) is 0.00972. The fourth-order valence-electron chi connectivity index (χ4n) is 16.2. The zero-order chi connectivity index (χ0) is 90.9. The van der Waals surface area contributed by atoms with Crippen molar-refractivity contribution in [2.24, 2.45) is 37.8 Å². The first-order valence-electron chi connectivity index (χ1n) is 41.2. The SMILES string of the molecule is CCc1ccnc2c(O)c3n(/c(=N\N)c12)CCN(CCc1ccc(F)cc1)C3=O.CN=c1c2c(CBr)ccnc2c(OC(C)=O)c2n1CCN(CCc1ccc(F)cc1)C2=O.CP(C)(=O)CCc1ccnc2c(O)c3n(/c(=N\N)c12)CCN(CCc1ccc(F)cc1)C3=O.CP(C)(=O)CCc1ccnc2c(O)c3n(/c(=N\N)c12)CCN(CCc1ccc(F)cc1)C3=O. The third-order valence-electron chi connectivity index (χ3n) is 22.8. The van der Waals surface area contributed by atoms with Crippen molar-refractivity contribution in [2.75, 3.05) is 98.4 Å². The number of carbonyl (C=O) groups excluding carboxylic acids is 5. The lowest BCUT2D eigenvalue weighted by Gasteiger charge is -2.31. The van der Waals surface area contributed by atoms with Crippen LogP contribution in [0.25, 0.3) is 43.6 Å². The molecule has 37 heteroatoms. The highest BCUT2D eigenvalue weighted by Gasteiger charge is 2.37. The van der Waals surface area contributed by atoms with Crippen LogP contribution < -0.4 is 44.2 Å². The van der Waals surface area contributed by atoms with E-state index in [4.69, 9.17) is 22.3 Å². The summed E-state index contributed by atoms with van der Waals surface area (Å²) in [5, 5.41) is 48.0. The predicted octanol–water partition coefficient (Wildman–Crippen LogP) is 10.2. The summed E-state index contributed by atoms with van der Waals surface area (Å²) in [4.78, 5) is 93.7. The number of alkyl halides is 1. The molecule has 127 heavy (non-hydrogen) atoms. The summed E-state index contributed by atoms with van der Waals surface area (Å²) >= 11 is 3.50. The monoisotopic (exact) mass is 1840 g/mol. The Labute approximate surface area is 736 Å². The van der Waals surface area contributed by atoms with Crippen molar-refractivity contribution in [3.05, 3.63) is 259 Å². The van der Waals surface area contributed by atoms with Gasteiger partial charge in [0.05, 0.1) is 35.8 Å². The molecule has 0 spiro atoms. The molecule has 0 fully saturated rings. The molecule has 0 saturated carbocycles. The third kappa shape index (κ3) is 20.2. The van der Waals surface area contributed by atoms with Gasteiger partial charge in [0, 0.05) is 135 Å². The number of hydrogen-bond donors (Lipinski definition) is 6. The zero-order valence-electron chi connectivity index (χ0n) is 71.2. The van der Waals surface area contributed by atoms with Gasteiger partial charge in [-0.2, -0.15) is 15.3 Å². The molecule has 9 N–H and O–H groups in total. The van der Waals surface area contributed by atoms with Gasteiger partial charge in [-0.1, -0.05) is 71.4 Å². The molecule has 0 bridgehead atoms. The Morgan fingerprint density at radius 3 is 0.976 bits per heavy atom. The van der Waals surface area contributed by atoms with Crippen molar-refractivity contribution >= 4 is 103 Å². The first-order valence-corrected chi connectivity index (χ1v) is 47.9. The van der Waals surface area contributed by atoms with Gasteiger partial charge >= 0.3 is 5.97 Å². The van der Waals surface area contributed by atoms with Crippen LogP contribution in [0.3, 0.4) is 0 Å². The number of hydrogen-bond acceptors (Lipinski definition) is 22. The number of amides is 4. The van der Waals surface area contributed by atoms with Crippen LogP contribution >= 0.6 is 30.2 Å². The van der Waals surface area contributed by atoms with E-state index in [2.05, 4.69) is 56.2 Å². The van der Waals surface area contributed by atoms with Crippen molar-refractivity contribution in [1.82, 2.24) is 57.8 Å². The number of nitrogens with two attached hydrogens (primary N) is 3. The lowest BCUT2D eigenvalue weighted by Crippen LogP contribution is -2.46. The molecule has 0 aliphatic carbocycles. The molecule has 16 rings (SSSR count). The maximum Gasteiger partial charge on any atom is 0.308 e. The Morgan fingerprint density at radius 1 is 0.417 bits per heavy atom. The number of fused-ring (bicyclic) bond motifs is 8. The van der Waals surface area contributed by atoms with Gasteiger partial charge in [-0.05, 0) is 189 Å². The molecule has 0 radical (unpaired) electrons. The van der Waals surface area contributed by atoms with Crippen molar-refractivity contribution in [3.63, 3.8) is 0 Å². The van der Waals surface area contributed by atoms with Crippen LogP contribution in [-0.4, -0.2) is 201 Å². The van der Waals surface area contributed by atoms with Crippen molar-refractivity contribution in [1.29, 1.82) is 0 Å². The molecule has 664 valence electrons. The third-order valence-corrected chi connectivity index (χ3v) is 26.0. The molecule has 8 aromatic heterocycles. The molecular weight excluding hydrogens is 1740 g/mol. The number of rotatable bonds is 21. The van der Waals surface area contributed by atoms with E-state index in [1.165, 1.54) is 55.5 Å². The number of benzene rings is 4. The molecule has 12 heterocycles.